The molecule has 3 saturated carbocycles. The van der Waals surface area contributed by atoms with Gasteiger partial charge in [0.15, 0.2) is 5.78 Å². The quantitative estimate of drug-likeness (QED) is 0.646. The highest BCUT2D eigenvalue weighted by atomic mass is 16.5. The number of Topliss-reactive ketones (excluding diaryl/α,β-unsaturated/α-hetero) is 1. The van der Waals surface area contributed by atoms with Crippen molar-refractivity contribution in [1.29, 1.82) is 0 Å². The van der Waals surface area contributed by atoms with Crippen molar-refractivity contribution in [2.24, 2.45) is 34.5 Å². The van der Waals surface area contributed by atoms with Crippen LogP contribution in [0, 0.1) is 34.5 Å². The first-order valence-corrected chi connectivity index (χ1v) is 10.6. The van der Waals surface area contributed by atoms with E-state index in [1.54, 1.807) is 6.92 Å². The molecule has 0 aromatic rings. The average molecular weight is 359 g/mol. The zero-order valence-electron chi connectivity index (χ0n) is 16.8. The van der Waals surface area contributed by atoms with E-state index in [1.807, 2.05) is 0 Å². The summed E-state index contributed by atoms with van der Waals surface area (Å²) in [6.07, 6.45) is 11.7. The normalized spacial score (nSPS) is 47.2. The Morgan fingerprint density at radius 2 is 1.81 bits per heavy atom. The van der Waals surface area contributed by atoms with E-state index in [2.05, 4.69) is 19.9 Å². The SMILES string of the molecule is CC(=O)OC1CC[C@@]2(C)C(CC[C@@H]3[C@@H]2CC[C@]2(C)C(C(C)=O)=CC[C@@H]32)C1. The minimum Gasteiger partial charge on any atom is -0.463 e. The van der Waals surface area contributed by atoms with E-state index in [-0.39, 0.29) is 23.3 Å². The molecule has 0 aliphatic heterocycles. The summed E-state index contributed by atoms with van der Waals surface area (Å²) in [6.45, 7) is 8.17. The van der Waals surface area contributed by atoms with Gasteiger partial charge in [0.1, 0.15) is 6.10 Å². The van der Waals surface area contributed by atoms with Crippen molar-refractivity contribution in [1.82, 2.24) is 0 Å². The maximum Gasteiger partial charge on any atom is 0.302 e. The second-order valence-corrected chi connectivity index (χ2v) is 10.0. The summed E-state index contributed by atoms with van der Waals surface area (Å²) in [5.74, 6) is 3.03. The fourth-order valence-electron chi connectivity index (χ4n) is 7.67. The lowest BCUT2D eigenvalue weighted by Crippen LogP contribution is -2.54. The van der Waals surface area contributed by atoms with Crippen molar-refractivity contribution in [3.8, 4) is 0 Å². The minimum atomic E-state index is -0.130. The summed E-state index contributed by atoms with van der Waals surface area (Å²) in [7, 11) is 0. The summed E-state index contributed by atoms with van der Waals surface area (Å²) in [6, 6.07) is 0. The number of ether oxygens (including phenoxy) is 1. The molecule has 144 valence electrons. The maximum atomic E-state index is 12.2. The molecule has 0 heterocycles. The molecule has 0 aromatic heterocycles. The van der Waals surface area contributed by atoms with Crippen LogP contribution in [0.15, 0.2) is 11.6 Å². The smallest absolute Gasteiger partial charge is 0.302 e. The Kier molecular flexibility index (Phi) is 4.36. The molecule has 0 amide bonds. The molecule has 0 N–H and O–H groups in total. The summed E-state index contributed by atoms with van der Waals surface area (Å²) >= 11 is 0. The van der Waals surface area contributed by atoms with Crippen LogP contribution in [0.3, 0.4) is 0 Å². The van der Waals surface area contributed by atoms with Crippen LogP contribution in [-0.4, -0.2) is 17.9 Å². The number of rotatable bonds is 2. The molecular weight excluding hydrogens is 324 g/mol. The fourth-order valence-corrected chi connectivity index (χ4v) is 7.67. The first-order chi connectivity index (χ1) is 12.3. The van der Waals surface area contributed by atoms with E-state index in [0.717, 1.165) is 36.7 Å². The molecule has 7 atom stereocenters. The lowest BCUT2D eigenvalue weighted by molar-refractivity contribution is -0.159. The first kappa shape index (κ1) is 18.3. The van der Waals surface area contributed by atoms with Gasteiger partial charge in [-0.3, -0.25) is 9.59 Å². The highest BCUT2D eigenvalue weighted by Crippen LogP contribution is 2.66. The Balaban J connectivity index is 1.54. The number of hydrogen-bond donors (Lipinski definition) is 0. The molecule has 2 unspecified atom stereocenters. The monoisotopic (exact) mass is 358 g/mol. The van der Waals surface area contributed by atoms with Crippen molar-refractivity contribution in [2.75, 3.05) is 0 Å². The maximum absolute atomic E-state index is 12.2. The third-order valence-corrected chi connectivity index (χ3v) is 8.91. The fraction of sp³-hybridized carbons (Fsp3) is 0.826. The van der Waals surface area contributed by atoms with Crippen molar-refractivity contribution in [3.05, 3.63) is 11.6 Å². The molecule has 3 heteroatoms. The lowest BCUT2D eigenvalue weighted by atomic mass is 9.44. The van der Waals surface area contributed by atoms with Crippen LogP contribution in [0.1, 0.15) is 79.1 Å². The van der Waals surface area contributed by atoms with E-state index in [0.29, 0.717) is 17.3 Å². The summed E-state index contributed by atoms with van der Waals surface area (Å²) in [4.78, 5) is 23.5. The molecule has 3 nitrogen and oxygen atoms in total. The van der Waals surface area contributed by atoms with Gasteiger partial charge in [-0.25, -0.2) is 0 Å². The van der Waals surface area contributed by atoms with Crippen LogP contribution in [0.2, 0.25) is 0 Å². The van der Waals surface area contributed by atoms with Gasteiger partial charge >= 0.3 is 5.97 Å². The predicted molar refractivity (Wildman–Crippen MR) is 101 cm³/mol. The van der Waals surface area contributed by atoms with Gasteiger partial charge in [-0.1, -0.05) is 19.9 Å². The van der Waals surface area contributed by atoms with Crippen LogP contribution < -0.4 is 0 Å². The Morgan fingerprint density at radius 1 is 1.04 bits per heavy atom. The molecule has 26 heavy (non-hydrogen) atoms. The van der Waals surface area contributed by atoms with Crippen LogP contribution in [0.25, 0.3) is 0 Å². The Labute approximate surface area is 157 Å². The van der Waals surface area contributed by atoms with Crippen LogP contribution in [-0.2, 0) is 14.3 Å². The number of esters is 1. The number of allylic oxidation sites excluding steroid dienone is 2. The molecule has 4 aliphatic carbocycles. The van der Waals surface area contributed by atoms with E-state index in [1.165, 1.54) is 39.0 Å². The Bertz CT molecular complexity index is 650. The number of carbonyl (C=O) groups is 2. The summed E-state index contributed by atoms with van der Waals surface area (Å²) in [5, 5.41) is 0. The average Bonchev–Trinajstić information content (AvgIpc) is 2.92. The zero-order valence-corrected chi connectivity index (χ0v) is 16.8. The third-order valence-electron chi connectivity index (χ3n) is 8.91. The molecule has 4 aliphatic rings. The van der Waals surface area contributed by atoms with Crippen LogP contribution >= 0.6 is 0 Å². The highest BCUT2D eigenvalue weighted by Gasteiger charge is 2.59. The molecule has 0 aromatic carbocycles. The Morgan fingerprint density at radius 3 is 2.50 bits per heavy atom. The van der Waals surface area contributed by atoms with Crippen molar-refractivity contribution >= 4 is 11.8 Å². The number of carbonyl (C=O) groups excluding carboxylic acids is 2. The Hall–Kier alpha value is -1.12. The molecular formula is C23H34O3. The van der Waals surface area contributed by atoms with E-state index >= 15 is 0 Å². The van der Waals surface area contributed by atoms with Crippen molar-refractivity contribution in [2.45, 2.75) is 85.2 Å². The second-order valence-electron chi connectivity index (χ2n) is 10.0. The van der Waals surface area contributed by atoms with Gasteiger partial charge in [0.2, 0.25) is 0 Å². The van der Waals surface area contributed by atoms with Gasteiger partial charge in [-0.2, -0.15) is 0 Å². The van der Waals surface area contributed by atoms with E-state index in [9.17, 15) is 9.59 Å². The van der Waals surface area contributed by atoms with Crippen LogP contribution in [0.5, 0.6) is 0 Å². The van der Waals surface area contributed by atoms with Crippen molar-refractivity contribution < 1.29 is 14.3 Å². The van der Waals surface area contributed by atoms with Gasteiger partial charge in [0.25, 0.3) is 0 Å². The number of hydrogen-bond acceptors (Lipinski definition) is 3. The molecule has 4 rings (SSSR count). The summed E-state index contributed by atoms with van der Waals surface area (Å²) in [5.41, 5.74) is 1.62. The van der Waals surface area contributed by atoms with Gasteiger partial charge in [-0.05, 0) is 98.4 Å². The minimum absolute atomic E-state index is 0.116. The molecule has 0 bridgehead atoms. The second kappa shape index (κ2) is 6.21. The molecule has 3 fully saturated rings. The first-order valence-electron chi connectivity index (χ1n) is 10.6. The van der Waals surface area contributed by atoms with Gasteiger partial charge < -0.3 is 4.74 Å². The predicted octanol–water partition coefficient (Wildman–Crippen LogP) is 5.09. The van der Waals surface area contributed by atoms with Gasteiger partial charge in [0.05, 0.1) is 0 Å². The van der Waals surface area contributed by atoms with Crippen LogP contribution in [0.4, 0.5) is 0 Å². The van der Waals surface area contributed by atoms with Crippen molar-refractivity contribution in [3.63, 3.8) is 0 Å². The molecule has 0 saturated heterocycles. The van der Waals surface area contributed by atoms with E-state index in [4.69, 9.17) is 4.74 Å². The molecule has 0 spiro atoms. The largest absolute Gasteiger partial charge is 0.463 e. The number of fused-ring (bicyclic) bond motifs is 5. The third kappa shape index (κ3) is 2.60. The standard InChI is InChI=1S/C23H34O3/c1-14(24)19-7-8-20-18-6-5-16-13-17(26-15(2)25)9-11-22(16,3)21(18)10-12-23(19,20)4/h7,16-18,20-21H,5-6,8-13H2,1-4H3/t16?,17?,18-,20-,21-,22-,23+/m0/s1. The molecule has 0 radical (unpaired) electrons. The number of ketones is 1. The van der Waals surface area contributed by atoms with Gasteiger partial charge in [0, 0.05) is 6.92 Å². The summed E-state index contributed by atoms with van der Waals surface area (Å²) < 4.78 is 5.56. The highest BCUT2D eigenvalue weighted by molar-refractivity contribution is 5.95. The van der Waals surface area contributed by atoms with Gasteiger partial charge in [-0.15, -0.1) is 0 Å². The lowest BCUT2D eigenvalue weighted by Gasteiger charge is -2.60. The topological polar surface area (TPSA) is 43.4 Å². The van der Waals surface area contributed by atoms with E-state index < -0.39 is 0 Å². The zero-order chi connectivity index (χ0) is 18.7.